The largest absolute Gasteiger partial charge is 0.381 e. The van der Waals surface area contributed by atoms with E-state index < -0.39 is 0 Å². The molecule has 1 fully saturated rings. The fraction of sp³-hybridized carbons (Fsp3) is 0.625. The van der Waals surface area contributed by atoms with Crippen molar-refractivity contribution in [2.75, 3.05) is 26.8 Å². The van der Waals surface area contributed by atoms with Crippen LogP contribution in [0.3, 0.4) is 0 Å². The third kappa shape index (κ3) is 2.69. The van der Waals surface area contributed by atoms with Gasteiger partial charge < -0.3 is 15.4 Å². The molecule has 3 heteroatoms. The van der Waals surface area contributed by atoms with Crippen molar-refractivity contribution in [1.29, 1.82) is 0 Å². The van der Waals surface area contributed by atoms with Crippen LogP contribution in [-0.4, -0.2) is 37.7 Å². The van der Waals surface area contributed by atoms with Gasteiger partial charge in [0.1, 0.15) is 0 Å². The minimum Gasteiger partial charge on any atom is -0.381 e. The fourth-order valence-corrected chi connectivity index (χ4v) is 3.51. The van der Waals surface area contributed by atoms with Crippen molar-refractivity contribution >= 4 is 0 Å². The standard InChI is InChI=1S/C16H24N2O/c1-18(11-12-6-8-19-9-7-12)15-10-13-4-2-3-5-14(13)16(15)17/h2-5,12,15-16H,6-11,17H2,1H3. The molecule has 1 saturated heterocycles. The highest BCUT2D eigenvalue weighted by Gasteiger charge is 2.33. The fourth-order valence-electron chi connectivity index (χ4n) is 3.51. The van der Waals surface area contributed by atoms with E-state index in [4.69, 9.17) is 10.5 Å². The van der Waals surface area contributed by atoms with Gasteiger partial charge >= 0.3 is 0 Å². The van der Waals surface area contributed by atoms with Crippen LogP contribution < -0.4 is 5.73 Å². The van der Waals surface area contributed by atoms with Crippen LogP contribution >= 0.6 is 0 Å². The summed E-state index contributed by atoms with van der Waals surface area (Å²) in [6.07, 6.45) is 3.48. The van der Waals surface area contributed by atoms with Crippen LogP contribution in [0.2, 0.25) is 0 Å². The number of nitrogens with zero attached hydrogens (tertiary/aromatic N) is 1. The van der Waals surface area contributed by atoms with Crippen molar-refractivity contribution in [3.63, 3.8) is 0 Å². The van der Waals surface area contributed by atoms with Crippen LogP contribution in [0.5, 0.6) is 0 Å². The number of likely N-dealkylation sites (N-methyl/N-ethyl adjacent to an activating group) is 1. The topological polar surface area (TPSA) is 38.5 Å². The lowest BCUT2D eigenvalue weighted by atomic mass is 9.98. The molecule has 3 nitrogen and oxygen atoms in total. The molecule has 0 aromatic heterocycles. The van der Waals surface area contributed by atoms with E-state index in [9.17, 15) is 0 Å². The normalized spacial score (nSPS) is 27.7. The average Bonchev–Trinajstić information content (AvgIpc) is 2.78. The molecular weight excluding hydrogens is 236 g/mol. The molecule has 0 saturated carbocycles. The van der Waals surface area contributed by atoms with Gasteiger partial charge in [0.2, 0.25) is 0 Å². The van der Waals surface area contributed by atoms with E-state index in [-0.39, 0.29) is 6.04 Å². The second-order valence-corrected chi connectivity index (χ2v) is 5.99. The first-order chi connectivity index (χ1) is 9.25. The van der Waals surface area contributed by atoms with Crippen LogP contribution in [0, 0.1) is 5.92 Å². The number of ether oxygens (including phenoxy) is 1. The van der Waals surface area contributed by atoms with E-state index in [2.05, 4.69) is 36.2 Å². The van der Waals surface area contributed by atoms with Crippen molar-refractivity contribution in [1.82, 2.24) is 4.90 Å². The molecule has 1 aliphatic heterocycles. The molecule has 19 heavy (non-hydrogen) atoms. The second kappa shape index (κ2) is 5.61. The Bertz CT molecular complexity index is 429. The first kappa shape index (κ1) is 13.1. The van der Waals surface area contributed by atoms with Gasteiger partial charge in [-0.05, 0) is 43.4 Å². The predicted octanol–water partition coefficient (Wildman–Crippen LogP) is 1.97. The Morgan fingerprint density at radius 2 is 2.00 bits per heavy atom. The van der Waals surface area contributed by atoms with Crippen LogP contribution in [-0.2, 0) is 11.2 Å². The van der Waals surface area contributed by atoms with Gasteiger partial charge in [-0.3, -0.25) is 0 Å². The number of rotatable bonds is 3. The first-order valence-corrected chi connectivity index (χ1v) is 7.37. The quantitative estimate of drug-likeness (QED) is 0.903. The number of hydrogen-bond acceptors (Lipinski definition) is 3. The first-order valence-electron chi connectivity index (χ1n) is 7.37. The molecule has 1 aromatic rings. The summed E-state index contributed by atoms with van der Waals surface area (Å²) in [5.41, 5.74) is 9.20. The van der Waals surface area contributed by atoms with Gasteiger partial charge in [-0.25, -0.2) is 0 Å². The monoisotopic (exact) mass is 260 g/mol. The minimum absolute atomic E-state index is 0.168. The van der Waals surface area contributed by atoms with E-state index in [1.165, 1.54) is 24.0 Å². The van der Waals surface area contributed by atoms with E-state index >= 15 is 0 Å². The number of benzene rings is 1. The lowest BCUT2D eigenvalue weighted by molar-refractivity contribution is 0.0492. The zero-order chi connectivity index (χ0) is 13.2. The highest BCUT2D eigenvalue weighted by molar-refractivity contribution is 5.36. The number of nitrogens with two attached hydrogens (primary N) is 1. The lowest BCUT2D eigenvalue weighted by Crippen LogP contribution is -2.41. The molecule has 104 valence electrons. The average molecular weight is 260 g/mol. The van der Waals surface area contributed by atoms with E-state index in [1.807, 2.05) is 0 Å². The summed E-state index contributed by atoms with van der Waals surface area (Å²) in [6, 6.07) is 9.24. The van der Waals surface area contributed by atoms with Gasteiger partial charge in [0.15, 0.2) is 0 Å². The van der Waals surface area contributed by atoms with Crippen LogP contribution in [0.25, 0.3) is 0 Å². The Morgan fingerprint density at radius 1 is 1.26 bits per heavy atom. The molecule has 0 bridgehead atoms. The maximum atomic E-state index is 6.43. The molecule has 0 spiro atoms. The summed E-state index contributed by atoms with van der Waals surface area (Å²) in [6.45, 7) is 3.00. The van der Waals surface area contributed by atoms with E-state index in [0.29, 0.717) is 6.04 Å². The van der Waals surface area contributed by atoms with Crippen molar-refractivity contribution in [3.05, 3.63) is 35.4 Å². The molecule has 0 amide bonds. The molecule has 1 aromatic carbocycles. The van der Waals surface area contributed by atoms with Crippen LogP contribution in [0.1, 0.15) is 30.0 Å². The highest BCUT2D eigenvalue weighted by Crippen LogP contribution is 2.32. The summed E-state index contributed by atoms with van der Waals surface area (Å²) in [5.74, 6) is 0.773. The van der Waals surface area contributed by atoms with Gasteiger partial charge in [0.25, 0.3) is 0 Å². The van der Waals surface area contributed by atoms with Crippen molar-refractivity contribution in [2.45, 2.75) is 31.3 Å². The van der Waals surface area contributed by atoms with Gasteiger partial charge in [-0.2, -0.15) is 0 Å². The molecule has 0 radical (unpaired) electrons. The summed E-state index contributed by atoms with van der Waals surface area (Å²) in [5, 5.41) is 0. The number of hydrogen-bond donors (Lipinski definition) is 1. The molecule has 1 aliphatic carbocycles. The van der Waals surface area contributed by atoms with Crippen molar-refractivity contribution < 1.29 is 4.74 Å². The van der Waals surface area contributed by atoms with Gasteiger partial charge in [-0.1, -0.05) is 24.3 Å². The minimum atomic E-state index is 0.168. The third-order valence-electron chi connectivity index (χ3n) is 4.71. The Hall–Kier alpha value is -0.900. The maximum absolute atomic E-state index is 6.43. The van der Waals surface area contributed by atoms with Gasteiger partial charge in [0, 0.05) is 31.8 Å². The summed E-state index contributed by atoms with van der Waals surface area (Å²) >= 11 is 0. The van der Waals surface area contributed by atoms with Crippen LogP contribution in [0.15, 0.2) is 24.3 Å². The Labute approximate surface area is 115 Å². The molecule has 2 unspecified atom stereocenters. The Balaban J connectivity index is 1.64. The maximum Gasteiger partial charge on any atom is 0.0469 e. The summed E-state index contributed by atoms with van der Waals surface area (Å²) < 4.78 is 5.44. The smallest absolute Gasteiger partial charge is 0.0469 e. The van der Waals surface area contributed by atoms with Gasteiger partial charge in [-0.15, -0.1) is 0 Å². The molecule has 3 rings (SSSR count). The van der Waals surface area contributed by atoms with Crippen molar-refractivity contribution in [2.24, 2.45) is 11.7 Å². The highest BCUT2D eigenvalue weighted by atomic mass is 16.5. The van der Waals surface area contributed by atoms with Crippen molar-refractivity contribution in [3.8, 4) is 0 Å². The van der Waals surface area contributed by atoms with Gasteiger partial charge in [0.05, 0.1) is 0 Å². The summed E-state index contributed by atoms with van der Waals surface area (Å²) in [7, 11) is 2.23. The molecule has 2 atom stereocenters. The molecule has 2 N–H and O–H groups in total. The summed E-state index contributed by atoms with van der Waals surface area (Å²) in [4.78, 5) is 2.47. The Kier molecular flexibility index (Phi) is 3.87. The van der Waals surface area contributed by atoms with E-state index in [1.54, 1.807) is 0 Å². The Morgan fingerprint density at radius 3 is 2.74 bits per heavy atom. The lowest BCUT2D eigenvalue weighted by Gasteiger charge is -2.32. The third-order valence-corrected chi connectivity index (χ3v) is 4.71. The van der Waals surface area contributed by atoms with E-state index in [0.717, 1.165) is 32.1 Å². The molecule has 1 heterocycles. The molecule has 2 aliphatic rings. The number of fused-ring (bicyclic) bond motifs is 1. The second-order valence-electron chi connectivity index (χ2n) is 5.99. The zero-order valence-electron chi connectivity index (χ0n) is 11.7. The predicted molar refractivity (Wildman–Crippen MR) is 77.0 cm³/mol. The molecular formula is C16H24N2O. The SMILES string of the molecule is CN(CC1CCOCC1)C1Cc2ccccc2C1N. The van der Waals surface area contributed by atoms with Crippen LogP contribution in [0.4, 0.5) is 0 Å². The zero-order valence-corrected chi connectivity index (χ0v) is 11.7.